The molecule has 1 aromatic rings. The first-order valence-corrected chi connectivity index (χ1v) is 5.09. The third-order valence-electron chi connectivity index (χ3n) is 1.89. The van der Waals surface area contributed by atoms with Crippen LogP contribution in [0.5, 0.6) is 0 Å². The van der Waals surface area contributed by atoms with Gasteiger partial charge in [0.1, 0.15) is 0 Å². The Bertz CT molecular complexity index is 287. The molecule has 0 bridgehead atoms. The summed E-state index contributed by atoms with van der Waals surface area (Å²) in [4.78, 5) is 0. The smallest absolute Gasteiger partial charge is 0.166 e. The molecule has 0 unspecified atom stereocenters. The summed E-state index contributed by atoms with van der Waals surface area (Å²) in [5.74, 6) is -0.0992. The molecule has 0 heterocycles. The monoisotopic (exact) mass is 218 g/mol. The molecule has 15 heavy (non-hydrogen) atoms. The summed E-state index contributed by atoms with van der Waals surface area (Å²) in [6.07, 6.45) is -4.24. The SMILES string of the molecule is CC.CC(C)c1ccccc1C(F)(F)F. The second-order valence-corrected chi connectivity index (χ2v) is 3.24. The average molecular weight is 218 g/mol. The Morgan fingerprint density at radius 3 is 1.80 bits per heavy atom. The van der Waals surface area contributed by atoms with Gasteiger partial charge >= 0.3 is 6.18 Å². The molecule has 0 saturated heterocycles. The van der Waals surface area contributed by atoms with Crippen LogP contribution in [0.2, 0.25) is 0 Å². The molecule has 0 N–H and O–H groups in total. The first-order valence-electron chi connectivity index (χ1n) is 5.09. The van der Waals surface area contributed by atoms with Crippen molar-refractivity contribution in [2.75, 3.05) is 0 Å². The molecular weight excluding hydrogens is 201 g/mol. The highest BCUT2D eigenvalue weighted by molar-refractivity contribution is 5.31. The largest absolute Gasteiger partial charge is 0.416 e. The van der Waals surface area contributed by atoms with E-state index in [1.165, 1.54) is 12.1 Å². The zero-order valence-electron chi connectivity index (χ0n) is 9.52. The molecule has 0 aliphatic carbocycles. The van der Waals surface area contributed by atoms with Gasteiger partial charge in [-0.05, 0) is 17.5 Å². The normalized spacial score (nSPS) is 10.9. The van der Waals surface area contributed by atoms with Crippen LogP contribution in [-0.4, -0.2) is 0 Å². The summed E-state index contributed by atoms with van der Waals surface area (Å²) >= 11 is 0. The molecule has 1 aromatic carbocycles. The zero-order valence-corrected chi connectivity index (χ0v) is 9.52. The minimum Gasteiger partial charge on any atom is -0.166 e. The molecule has 3 heteroatoms. The Morgan fingerprint density at radius 1 is 1.00 bits per heavy atom. The van der Waals surface area contributed by atoms with Crippen LogP contribution in [-0.2, 0) is 6.18 Å². The molecule has 1 rings (SSSR count). The van der Waals surface area contributed by atoms with Crippen LogP contribution in [0, 0.1) is 0 Å². The number of hydrogen-bond donors (Lipinski definition) is 0. The van der Waals surface area contributed by atoms with Gasteiger partial charge in [0.05, 0.1) is 5.56 Å². The summed E-state index contributed by atoms with van der Waals surface area (Å²) in [6, 6.07) is 5.68. The Kier molecular flexibility index (Phi) is 5.40. The van der Waals surface area contributed by atoms with E-state index in [0.717, 1.165) is 6.07 Å². The molecule has 86 valence electrons. The van der Waals surface area contributed by atoms with Gasteiger partial charge in [-0.15, -0.1) is 0 Å². The second-order valence-electron chi connectivity index (χ2n) is 3.24. The summed E-state index contributed by atoms with van der Waals surface area (Å²) in [6.45, 7) is 7.51. The van der Waals surface area contributed by atoms with E-state index >= 15 is 0 Å². The number of alkyl halides is 3. The quantitative estimate of drug-likeness (QED) is 0.631. The van der Waals surface area contributed by atoms with Crippen molar-refractivity contribution in [3.05, 3.63) is 35.4 Å². The van der Waals surface area contributed by atoms with Gasteiger partial charge in [0.2, 0.25) is 0 Å². The maximum atomic E-state index is 12.4. The van der Waals surface area contributed by atoms with Gasteiger partial charge in [-0.1, -0.05) is 45.9 Å². The van der Waals surface area contributed by atoms with Crippen molar-refractivity contribution in [2.24, 2.45) is 0 Å². The highest BCUT2D eigenvalue weighted by Gasteiger charge is 2.33. The molecule has 0 aromatic heterocycles. The van der Waals surface area contributed by atoms with Gasteiger partial charge in [0, 0.05) is 0 Å². The molecular formula is C12H17F3. The van der Waals surface area contributed by atoms with Crippen LogP contribution >= 0.6 is 0 Å². The Morgan fingerprint density at radius 2 is 1.47 bits per heavy atom. The van der Waals surface area contributed by atoms with Gasteiger partial charge in [-0.25, -0.2) is 0 Å². The number of rotatable bonds is 1. The van der Waals surface area contributed by atoms with Crippen LogP contribution in [0.1, 0.15) is 44.7 Å². The Hall–Kier alpha value is -0.990. The number of benzene rings is 1. The fraction of sp³-hybridized carbons (Fsp3) is 0.500. The van der Waals surface area contributed by atoms with Crippen molar-refractivity contribution in [2.45, 2.75) is 39.8 Å². The lowest BCUT2D eigenvalue weighted by atomic mass is 9.97. The maximum Gasteiger partial charge on any atom is 0.416 e. The Balaban J connectivity index is 0.000000921. The summed E-state index contributed by atoms with van der Waals surface area (Å²) < 4.78 is 37.2. The average Bonchev–Trinajstić information content (AvgIpc) is 2.19. The minimum absolute atomic E-state index is 0.0992. The van der Waals surface area contributed by atoms with Crippen molar-refractivity contribution < 1.29 is 13.2 Å². The fourth-order valence-electron chi connectivity index (χ4n) is 1.26. The maximum absolute atomic E-state index is 12.4. The van der Waals surface area contributed by atoms with Gasteiger partial charge in [-0.2, -0.15) is 13.2 Å². The van der Waals surface area contributed by atoms with Crippen molar-refractivity contribution in [1.82, 2.24) is 0 Å². The predicted octanol–water partition coefficient (Wildman–Crippen LogP) is 4.86. The van der Waals surface area contributed by atoms with Crippen molar-refractivity contribution in [1.29, 1.82) is 0 Å². The van der Waals surface area contributed by atoms with Crippen molar-refractivity contribution in [3.8, 4) is 0 Å². The standard InChI is InChI=1S/C10H11F3.C2H6/c1-7(2)8-5-3-4-6-9(8)10(11,12)13;1-2/h3-7H,1-2H3;1-2H3. The fourth-order valence-corrected chi connectivity index (χ4v) is 1.26. The zero-order chi connectivity index (χ0) is 12.1. The molecule has 0 amide bonds. The van der Waals surface area contributed by atoms with Crippen LogP contribution in [0.3, 0.4) is 0 Å². The van der Waals surface area contributed by atoms with Gasteiger partial charge in [0.15, 0.2) is 0 Å². The molecule has 0 radical (unpaired) electrons. The van der Waals surface area contributed by atoms with E-state index in [-0.39, 0.29) is 5.92 Å². The summed E-state index contributed by atoms with van der Waals surface area (Å²) in [5.41, 5.74) is -0.167. The number of hydrogen-bond acceptors (Lipinski definition) is 0. The van der Waals surface area contributed by atoms with Crippen molar-refractivity contribution in [3.63, 3.8) is 0 Å². The predicted molar refractivity (Wildman–Crippen MR) is 56.9 cm³/mol. The first kappa shape index (κ1) is 14.0. The lowest BCUT2D eigenvalue weighted by molar-refractivity contribution is -0.138. The van der Waals surface area contributed by atoms with E-state index in [4.69, 9.17) is 0 Å². The van der Waals surface area contributed by atoms with E-state index < -0.39 is 11.7 Å². The molecule has 0 spiro atoms. The van der Waals surface area contributed by atoms with Crippen LogP contribution in [0.4, 0.5) is 13.2 Å². The van der Waals surface area contributed by atoms with E-state index in [1.807, 2.05) is 13.8 Å². The second kappa shape index (κ2) is 5.79. The van der Waals surface area contributed by atoms with Gasteiger partial charge < -0.3 is 0 Å². The van der Waals surface area contributed by atoms with Crippen LogP contribution in [0.25, 0.3) is 0 Å². The van der Waals surface area contributed by atoms with Crippen LogP contribution in [0.15, 0.2) is 24.3 Å². The van der Waals surface area contributed by atoms with E-state index in [1.54, 1.807) is 19.9 Å². The molecule has 0 atom stereocenters. The lowest BCUT2D eigenvalue weighted by Gasteiger charge is -2.14. The van der Waals surface area contributed by atoms with Crippen molar-refractivity contribution >= 4 is 0 Å². The summed E-state index contributed by atoms with van der Waals surface area (Å²) in [5, 5.41) is 0. The van der Waals surface area contributed by atoms with Crippen LogP contribution < -0.4 is 0 Å². The van der Waals surface area contributed by atoms with Gasteiger partial charge in [0.25, 0.3) is 0 Å². The highest BCUT2D eigenvalue weighted by Crippen LogP contribution is 2.34. The molecule has 0 aliphatic heterocycles. The van der Waals surface area contributed by atoms with E-state index in [2.05, 4.69) is 0 Å². The lowest BCUT2D eigenvalue weighted by Crippen LogP contribution is -2.09. The first-order chi connectivity index (χ1) is 6.93. The molecule has 0 nitrogen and oxygen atoms in total. The van der Waals surface area contributed by atoms with E-state index in [0.29, 0.717) is 5.56 Å². The molecule has 0 saturated carbocycles. The topological polar surface area (TPSA) is 0 Å². The van der Waals surface area contributed by atoms with E-state index in [9.17, 15) is 13.2 Å². The van der Waals surface area contributed by atoms with Gasteiger partial charge in [-0.3, -0.25) is 0 Å². The highest BCUT2D eigenvalue weighted by atomic mass is 19.4. The Labute approximate surface area is 89.1 Å². The third kappa shape index (κ3) is 3.94. The minimum atomic E-state index is -4.24. The molecule has 0 aliphatic rings. The summed E-state index contributed by atoms with van der Waals surface area (Å²) in [7, 11) is 0. The third-order valence-corrected chi connectivity index (χ3v) is 1.89. The molecule has 0 fully saturated rings. The number of halogens is 3.